The molecule has 3 N–H and O–H groups in total. The SMILES string of the molecule is CC[C@H](C)[C@@H]([C@@H](CC(=O)N1CCC[C@H]1[C@H](OC)[C@@H](C)C(=O)N[C@@H](Cc1ccc(OC(=O)N2CCC(Cn3nnc4c3CSC3CCCCCCC(CC3)SC4)CC2)cc1)C(=O)NS(=O)(=O)C1CC1)OC)N(C)C(=O)[C@@H](NC(=O)C(C(C)C)N(C)C)C(C)C. The van der Waals surface area contributed by atoms with Crippen LogP contribution in [-0.4, -0.2) is 192 Å². The van der Waals surface area contributed by atoms with Gasteiger partial charge in [-0.15, -0.1) is 5.10 Å². The molecule has 0 spiro atoms. The summed E-state index contributed by atoms with van der Waals surface area (Å²) in [5, 5.41) is 15.9. The zero-order chi connectivity index (χ0) is 64.0. The first-order valence-electron chi connectivity index (χ1n) is 32.6. The van der Waals surface area contributed by atoms with E-state index in [-0.39, 0.29) is 48.3 Å². The van der Waals surface area contributed by atoms with Gasteiger partial charge in [-0.1, -0.05) is 97.9 Å². The summed E-state index contributed by atoms with van der Waals surface area (Å²) in [4.78, 5) is 91.6. The molecule has 11 atom stereocenters. The number of thioether (sulfide) groups is 2. The minimum absolute atomic E-state index is 0.000313. The third-order valence-electron chi connectivity index (χ3n) is 19.1. The molecule has 5 aliphatic rings. The van der Waals surface area contributed by atoms with Gasteiger partial charge in [0.25, 0.3) is 5.91 Å². The number of sulfonamides is 1. The summed E-state index contributed by atoms with van der Waals surface area (Å²) in [7, 11) is 4.39. The second-order valence-corrected chi connectivity index (χ2v) is 31.0. The van der Waals surface area contributed by atoms with E-state index < -0.39 is 81.5 Å². The highest BCUT2D eigenvalue weighted by molar-refractivity contribution is 7.99. The van der Waals surface area contributed by atoms with E-state index in [9.17, 15) is 37.2 Å². The number of carbonyl (C=O) groups excluding carboxylic acids is 6. The van der Waals surface area contributed by atoms with Gasteiger partial charge in [-0.25, -0.2) is 17.9 Å². The van der Waals surface area contributed by atoms with E-state index >= 15 is 0 Å². The van der Waals surface area contributed by atoms with Gasteiger partial charge in [0.15, 0.2) is 0 Å². The molecule has 7 rings (SSSR count). The molecule has 0 radical (unpaired) electrons. The quantitative estimate of drug-likeness (QED) is 0.0813. The lowest BCUT2D eigenvalue weighted by Crippen LogP contribution is -2.59. The Kier molecular flexibility index (Phi) is 26.8. The molecule has 2 saturated heterocycles. The third-order valence-corrected chi connectivity index (χ3v) is 23.7. The molecule has 2 aliphatic carbocycles. The molecule has 88 heavy (non-hydrogen) atoms. The van der Waals surface area contributed by atoms with Crippen LogP contribution in [0.3, 0.4) is 0 Å². The highest BCUT2D eigenvalue weighted by atomic mass is 32.2. The number of fused-ring (bicyclic) bond motifs is 4. The van der Waals surface area contributed by atoms with Crippen LogP contribution >= 0.6 is 23.5 Å². The lowest BCUT2D eigenvalue weighted by molar-refractivity contribution is -0.148. The first-order valence-corrected chi connectivity index (χ1v) is 36.2. The number of benzene rings is 1. The van der Waals surface area contributed by atoms with Gasteiger partial charge in [-0.05, 0) is 120 Å². The van der Waals surface area contributed by atoms with Crippen molar-refractivity contribution in [1.29, 1.82) is 0 Å². The van der Waals surface area contributed by atoms with Crippen molar-refractivity contribution < 1.29 is 51.4 Å². The smallest absolute Gasteiger partial charge is 0.410 e. The Hall–Kier alpha value is -4.49. The number of ether oxygens (including phenoxy) is 3. The van der Waals surface area contributed by atoms with Gasteiger partial charge < -0.3 is 39.5 Å². The highest BCUT2D eigenvalue weighted by Gasteiger charge is 2.45. The van der Waals surface area contributed by atoms with E-state index in [4.69, 9.17) is 19.3 Å². The summed E-state index contributed by atoms with van der Waals surface area (Å²) >= 11 is 4.15. The first kappa shape index (κ1) is 71.0. The van der Waals surface area contributed by atoms with E-state index in [1.54, 1.807) is 52.9 Å². The molecule has 4 heterocycles. The molecule has 24 heteroatoms. The maximum absolute atomic E-state index is 14.6. The van der Waals surface area contributed by atoms with Crippen LogP contribution in [0.5, 0.6) is 5.75 Å². The van der Waals surface area contributed by atoms with Crippen LogP contribution in [0, 0.1) is 29.6 Å². The van der Waals surface area contributed by atoms with Crippen LogP contribution in [0.1, 0.15) is 168 Å². The van der Waals surface area contributed by atoms with Gasteiger partial charge in [0.05, 0.1) is 59.3 Å². The highest BCUT2D eigenvalue weighted by Crippen LogP contribution is 2.37. The molecule has 6 amide bonds. The second kappa shape index (κ2) is 33.2. The van der Waals surface area contributed by atoms with Crippen molar-refractivity contribution in [3.63, 3.8) is 0 Å². The predicted molar refractivity (Wildman–Crippen MR) is 345 cm³/mol. The largest absolute Gasteiger partial charge is 0.415 e. The number of aromatic nitrogens is 3. The van der Waals surface area contributed by atoms with Crippen molar-refractivity contribution >= 4 is 69.2 Å². The summed E-state index contributed by atoms with van der Waals surface area (Å²) in [6.45, 7) is 15.6. The van der Waals surface area contributed by atoms with Crippen molar-refractivity contribution in [1.82, 2.24) is 49.9 Å². The van der Waals surface area contributed by atoms with Gasteiger partial charge in [0.1, 0.15) is 17.8 Å². The normalized spacial score (nSPS) is 22.6. The molecule has 2 aromatic rings. The van der Waals surface area contributed by atoms with Crippen molar-refractivity contribution in [3.05, 3.63) is 41.2 Å². The molecule has 21 nitrogen and oxygen atoms in total. The van der Waals surface area contributed by atoms with E-state index in [0.29, 0.717) is 79.5 Å². The van der Waals surface area contributed by atoms with Gasteiger partial charge in [0.2, 0.25) is 33.7 Å². The fourth-order valence-corrected chi connectivity index (χ4v) is 17.4. The van der Waals surface area contributed by atoms with Crippen LogP contribution in [0.4, 0.5) is 4.79 Å². The second-order valence-electron chi connectivity index (χ2n) is 26.5. The number of carbonyl (C=O) groups is 6. The van der Waals surface area contributed by atoms with Crippen molar-refractivity contribution in [2.75, 3.05) is 55.0 Å². The van der Waals surface area contributed by atoms with E-state index in [1.165, 1.54) is 71.3 Å². The molecule has 4 fully saturated rings. The van der Waals surface area contributed by atoms with Crippen LogP contribution in [0.25, 0.3) is 0 Å². The average Bonchev–Trinajstić information content (AvgIpc) is 4.16. The fourth-order valence-electron chi connectivity index (χ4n) is 13.5. The molecule has 1 aromatic heterocycles. The molecular formula is C64H104N10O11S3. The van der Waals surface area contributed by atoms with Gasteiger partial charge in [0, 0.05) is 75.9 Å². The van der Waals surface area contributed by atoms with Crippen molar-refractivity contribution in [3.8, 4) is 5.75 Å². The lowest BCUT2D eigenvalue weighted by Gasteiger charge is -2.41. The molecule has 494 valence electrons. The van der Waals surface area contributed by atoms with Gasteiger partial charge in [-0.3, -0.25) is 33.6 Å². The number of piperidine rings is 1. The fraction of sp³-hybridized carbons (Fsp3) is 0.781. The maximum Gasteiger partial charge on any atom is 0.415 e. The summed E-state index contributed by atoms with van der Waals surface area (Å²) in [6, 6.07) is 2.93. The number of likely N-dealkylation sites (N-methyl/N-ethyl adjacent to an activating group) is 2. The Bertz CT molecular complexity index is 2730. The number of hydrogen-bond donors (Lipinski definition) is 3. The monoisotopic (exact) mass is 1280 g/mol. The van der Waals surface area contributed by atoms with E-state index in [2.05, 4.69) is 48.8 Å². The maximum atomic E-state index is 14.6. The Labute approximate surface area is 533 Å². The van der Waals surface area contributed by atoms with Crippen LogP contribution in [0.15, 0.2) is 24.3 Å². The first-order chi connectivity index (χ1) is 41.9. The zero-order valence-electron chi connectivity index (χ0n) is 54.6. The number of hydrogen-bond acceptors (Lipinski definition) is 16. The molecule has 1 aromatic carbocycles. The zero-order valence-corrected chi connectivity index (χ0v) is 57.0. The number of likely N-dealkylation sites (tertiary alicyclic amines) is 2. The molecule has 3 unspecified atom stereocenters. The Morgan fingerprint density at radius 2 is 1.39 bits per heavy atom. The predicted octanol–water partition coefficient (Wildman–Crippen LogP) is 7.82. The van der Waals surface area contributed by atoms with Crippen LogP contribution in [0.2, 0.25) is 0 Å². The molecule has 2 bridgehead atoms. The number of nitrogens with zero attached hydrogens (tertiary/aromatic N) is 7. The minimum Gasteiger partial charge on any atom is -0.410 e. The summed E-state index contributed by atoms with van der Waals surface area (Å²) < 4.78 is 48.6. The summed E-state index contributed by atoms with van der Waals surface area (Å²) in [6.07, 6.45) is 12.5. The van der Waals surface area contributed by atoms with Crippen molar-refractivity contribution in [2.24, 2.45) is 29.6 Å². The standard InChI is InChI=1S/C64H104N10O11S3/c1-13-42(6)58(71(10)63(79)56(40(2)3)66-62(78)57(41(4)5)70(8)9)54(83-11)36-55(75)73-32-18-21-52(73)59(84-12)43(7)60(76)65-50(61(77)68-88(81,82)49-28-29-49)35-44-22-24-46(25-23-44)85-64(80)72-33-30-45(31-34-72)37-74-53-39-87-48-20-17-15-14-16-19-47(26-27-48)86-38-51(53)67-69-74/h22-25,40-43,45,47-50,52,54,56-59H,13-21,26-39H2,1-12H3,(H,65,76)(H,66,78)(H,68,77)/t42-,43+,47?,48?,50-,52-,54+,56-,57?,58-,59+/m0/s1. The minimum atomic E-state index is -3.99. The summed E-state index contributed by atoms with van der Waals surface area (Å²) in [5.74, 6) is -1.02. The Morgan fingerprint density at radius 3 is 1.97 bits per heavy atom. The summed E-state index contributed by atoms with van der Waals surface area (Å²) in [5.41, 5.74) is 2.95. The van der Waals surface area contributed by atoms with E-state index in [0.717, 1.165) is 36.6 Å². The third kappa shape index (κ3) is 19.1. The van der Waals surface area contributed by atoms with Crippen molar-refractivity contribution in [2.45, 2.75) is 234 Å². The Morgan fingerprint density at radius 1 is 0.739 bits per heavy atom. The molecule has 2 saturated carbocycles. The topological polar surface area (TPSA) is 244 Å². The number of methoxy groups -OCH3 is 2. The number of nitrogens with one attached hydrogen (secondary N) is 3. The lowest BCUT2D eigenvalue weighted by atomic mass is 9.89. The molecule has 3 aliphatic heterocycles. The molecular weight excluding hydrogens is 1180 g/mol. The van der Waals surface area contributed by atoms with E-state index in [1.807, 2.05) is 60.5 Å². The number of rotatable bonds is 26. The van der Waals surface area contributed by atoms with Gasteiger partial charge in [-0.2, -0.15) is 23.5 Å². The Balaban J connectivity index is 0.959. The number of amides is 6. The average molecular weight is 1290 g/mol. The van der Waals surface area contributed by atoms with Gasteiger partial charge >= 0.3 is 6.09 Å². The van der Waals surface area contributed by atoms with Crippen LogP contribution < -0.4 is 20.1 Å². The van der Waals surface area contributed by atoms with Crippen LogP contribution in [-0.2, 0) is 67.9 Å².